The normalized spacial score (nSPS) is 10.3. The first-order valence-corrected chi connectivity index (χ1v) is 8.20. The predicted molar refractivity (Wildman–Crippen MR) is 97.3 cm³/mol. The van der Waals surface area contributed by atoms with Crippen LogP contribution in [0.3, 0.4) is 0 Å². The van der Waals surface area contributed by atoms with Gasteiger partial charge in [-0.2, -0.15) is 0 Å². The molecule has 0 unspecified atom stereocenters. The summed E-state index contributed by atoms with van der Waals surface area (Å²) in [5, 5.41) is 0. The van der Waals surface area contributed by atoms with Crippen LogP contribution in [0.2, 0.25) is 0 Å². The molecule has 1 heterocycles. The second kappa shape index (κ2) is 7.86. The summed E-state index contributed by atoms with van der Waals surface area (Å²) < 4.78 is 5.48. The topological polar surface area (TPSA) is 100 Å². The summed E-state index contributed by atoms with van der Waals surface area (Å²) in [5.41, 5.74) is 8.46. The van der Waals surface area contributed by atoms with E-state index in [1.54, 1.807) is 13.8 Å². The maximum atomic E-state index is 12.2. The van der Waals surface area contributed by atoms with E-state index in [1.165, 1.54) is 6.92 Å². The highest BCUT2D eigenvalue weighted by Gasteiger charge is 2.20. The summed E-state index contributed by atoms with van der Waals surface area (Å²) in [5.74, 6) is -0.528. The van der Waals surface area contributed by atoms with E-state index < -0.39 is 11.8 Å². The Morgan fingerprint density at radius 2 is 1.77 bits per heavy atom. The molecule has 7 heteroatoms. The molecule has 0 aliphatic rings. The smallest absolute Gasteiger partial charge is 0.286 e. The minimum atomic E-state index is -0.529. The van der Waals surface area contributed by atoms with Gasteiger partial charge in [-0.25, -0.2) is 0 Å². The number of ketones is 1. The van der Waals surface area contributed by atoms with Crippen molar-refractivity contribution in [3.05, 3.63) is 51.8 Å². The molecule has 0 saturated heterocycles. The number of carbonyl (C=O) groups excluding carboxylic acids is 3. The van der Waals surface area contributed by atoms with Gasteiger partial charge in [-0.3, -0.25) is 25.2 Å². The molecule has 1 aromatic heterocycles. The fourth-order valence-electron chi connectivity index (χ4n) is 2.74. The fraction of sp³-hybridized carbons (Fsp3) is 0.316. The highest BCUT2D eigenvalue weighted by molar-refractivity contribution is 6.02. The molecule has 138 valence electrons. The highest BCUT2D eigenvalue weighted by atomic mass is 16.5. The van der Waals surface area contributed by atoms with Gasteiger partial charge in [0.15, 0.2) is 12.4 Å². The van der Waals surface area contributed by atoms with Crippen molar-refractivity contribution in [3.63, 3.8) is 0 Å². The molecule has 0 spiro atoms. The van der Waals surface area contributed by atoms with Crippen molar-refractivity contribution in [2.24, 2.45) is 0 Å². The molecule has 26 heavy (non-hydrogen) atoms. The number of aromatic nitrogens is 1. The van der Waals surface area contributed by atoms with Crippen molar-refractivity contribution in [2.45, 2.75) is 34.6 Å². The number of benzene rings is 1. The predicted octanol–water partition coefficient (Wildman–Crippen LogP) is 2.29. The Morgan fingerprint density at radius 3 is 2.38 bits per heavy atom. The average molecular weight is 357 g/mol. The average Bonchev–Trinajstić information content (AvgIpc) is 2.88. The van der Waals surface area contributed by atoms with Gasteiger partial charge in [0.25, 0.3) is 11.8 Å². The van der Waals surface area contributed by atoms with E-state index in [0.29, 0.717) is 22.6 Å². The maximum absolute atomic E-state index is 12.2. The third kappa shape index (κ3) is 4.30. The number of hydrogen-bond donors (Lipinski definition) is 3. The number of aromatic amines is 1. The molecular weight excluding hydrogens is 334 g/mol. The second-order valence-electron chi connectivity index (χ2n) is 6.24. The van der Waals surface area contributed by atoms with Crippen molar-refractivity contribution < 1.29 is 19.1 Å². The Hall–Kier alpha value is -3.09. The first kappa shape index (κ1) is 19.2. The van der Waals surface area contributed by atoms with Crippen LogP contribution in [0.25, 0.3) is 0 Å². The number of rotatable bonds is 5. The SMILES string of the molecule is CC(=O)c1c(C)[nH]c(C(=O)NNC(=O)COc2cc(C)ccc2C)c1C. The molecule has 0 saturated carbocycles. The largest absolute Gasteiger partial charge is 0.483 e. The van der Waals surface area contributed by atoms with Gasteiger partial charge in [-0.05, 0) is 57.4 Å². The lowest BCUT2D eigenvalue weighted by Crippen LogP contribution is -2.44. The molecule has 0 radical (unpaired) electrons. The summed E-state index contributed by atoms with van der Waals surface area (Å²) in [4.78, 5) is 38.6. The molecule has 2 rings (SSSR count). The number of hydrogen-bond acceptors (Lipinski definition) is 4. The maximum Gasteiger partial charge on any atom is 0.286 e. The number of aryl methyl sites for hydroxylation is 3. The van der Waals surface area contributed by atoms with Gasteiger partial charge in [-0.1, -0.05) is 12.1 Å². The van der Waals surface area contributed by atoms with Crippen LogP contribution in [-0.2, 0) is 4.79 Å². The quantitative estimate of drug-likeness (QED) is 0.564. The van der Waals surface area contributed by atoms with Crippen molar-refractivity contribution in [1.82, 2.24) is 15.8 Å². The molecule has 2 amide bonds. The molecule has 0 fully saturated rings. The number of ether oxygens (including phenoxy) is 1. The lowest BCUT2D eigenvalue weighted by atomic mass is 10.1. The van der Waals surface area contributed by atoms with Gasteiger partial charge in [0.2, 0.25) is 0 Å². The molecule has 0 aliphatic carbocycles. The van der Waals surface area contributed by atoms with Crippen LogP contribution in [0.15, 0.2) is 18.2 Å². The van der Waals surface area contributed by atoms with Crippen LogP contribution in [0, 0.1) is 27.7 Å². The number of Topliss-reactive ketones (excluding diaryl/α,β-unsaturated/α-hetero) is 1. The molecule has 3 N–H and O–H groups in total. The number of nitrogens with one attached hydrogen (secondary N) is 3. The van der Waals surface area contributed by atoms with Crippen LogP contribution in [-0.4, -0.2) is 29.2 Å². The van der Waals surface area contributed by atoms with Crippen LogP contribution < -0.4 is 15.6 Å². The Kier molecular flexibility index (Phi) is 5.82. The van der Waals surface area contributed by atoms with Gasteiger partial charge >= 0.3 is 0 Å². The summed E-state index contributed by atoms with van der Waals surface area (Å²) in [6.07, 6.45) is 0. The molecule has 0 aliphatic heterocycles. The van der Waals surface area contributed by atoms with Gasteiger partial charge in [0, 0.05) is 11.3 Å². The zero-order chi connectivity index (χ0) is 19.4. The van der Waals surface area contributed by atoms with Crippen molar-refractivity contribution in [3.8, 4) is 5.75 Å². The summed E-state index contributed by atoms with van der Waals surface area (Å²) in [6, 6.07) is 5.71. The van der Waals surface area contributed by atoms with Crippen molar-refractivity contribution >= 4 is 17.6 Å². The van der Waals surface area contributed by atoms with E-state index in [2.05, 4.69) is 15.8 Å². The molecule has 0 atom stereocenters. The summed E-state index contributed by atoms with van der Waals surface area (Å²) >= 11 is 0. The van der Waals surface area contributed by atoms with Gasteiger partial charge in [-0.15, -0.1) is 0 Å². The Labute approximate surface area is 152 Å². The van der Waals surface area contributed by atoms with Gasteiger partial charge in [0.05, 0.1) is 0 Å². The van der Waals surface area contributed by atoms with Crippen molar-refractivity contribution in [2.75, 3.05) is 6.61 Å². The third-order valence-electron chi connectivity index (χ3n) is 4.03. The first-order chi connectivity index (χ1) is 12.2. The number of H-pyrrole nitrogens is 1. The van der Waals surface area contributed by atoms with Crippen molar-refractivity contribution in [1.29, 1.82) is 0 Å². The number of carbonyl (C=O) groups is 3. The highest BCUT2D eigenvalue weighted by Crippen LogP contribution is 2.19. The summed E-state index contributed by atoms with van der Waals surface area (Å²) in [6.45, 7) is 8.43. The van der Waals surface area contributed by atoms with E-state index in [9.17, 15) is 14.4 Å². The van der Waals surface area contributed by atoms with E-state index in [4.69, 9.17) is 4.74 Å². The molecule has 0 bridgehead atoms. The van der Waals surface area contributed by atoms with E-state index in [0.717, 1.165) is 11.1 Å². The van der Waals surface area contributed by atoms with Crippen LogP contribution in [0.4, 0.5) is 0 Å². The van der Waals surface area contributed by atoms with E-state index in [-0.39, 0.29) is 18.1 Å². The lowest BCUT2D eigenvalue weighted by molar-refractivity contribution is -0.123. The fourth-order valence-corrected chi connectivity index (χ4v) is 2.74. The van der Waals surface area contributed by atoms with Gasteiger partial charge < -0.3 is 9.72 Å². The summed E-state index contributed by atoms with van der Waals surface area (Å²) in [7, 11) is 0. The Bertz CT molecular complexity index is 868. The molecule has 7 nitrogen and oxygen atoms in total. The minimum absolute atomic E-state index is 0.124. The molecular formula is C19H23N3O4. The zero-order valence-electron chi connectivity index (χ0n) is 15.6. The molecule has 1 aromatic carbocycles. The van der Waals surface area contributed by atoms with Crippen LogP contribution in [0.1, 0.15) is 50.2 Å². The zero-order valence-corrected chi connectivity index (χ0v) is 15.6. The standard InChI is InChI=1S/C19H23N3O4/c1-10-6-7-11(2)15(8-10)26-9-16(24)21-22-19(25)18-12(3)17(14(5)23)13(4)20-18/h6-8,20H,9H2,1-5H3,(H,21,24)(H,22,25). The second-order valence-corrected chi connectivity index (χ2v) is 6.24. The monoisotopic (exact) mass is 357 g/mol. The van der Waals surface area contributed by atoms with E-state index >= 15 is 0 Å². The Morgan fingerprint density at radius 1 is 1.08 bits per heavy atom. The van der Waals surface area contributed by atoms with Gasteiger partial charge in [0.1, 0.15) is 11.4 Å². The Balaban J connectivity index is 1.93. The van der Waals surface area contributed by atoms with Crippen LogP contribution >= 0.6 is 0 Å². The number of amides is 2. The lowest BCUT2D eigenvalue weighted by Gasteiger charge is -2.11. The van der Waals surface area contributed by atoms with E-state index in [1.807, 2.05) is 32.0 Å². The first-order valence-electron chi connectivity index (χ1n) is 8.20. The van der Waals surface area contributed by atoms with Crippen LogP contribution in [0.5, 0.6) is 5.75 Å². The third-order valence-corrected chi connectivity index (χ3v) is 4.03. The molecule has 2 aromatic rings. The minimum Gasteiger partial charge on any atom is -0.483 e. The number of hydrazine groups is 1.